The lowest BCUT2D eigenvalue weighted by Crippen LogP contribution is -2.14. The van der Waals surface area contributed by atoms with Crippen molar-refractivity contribution >= 4 is 11.8 Å². The molecule has 0 aliphatic heterocycles. The number of phenols is 3. The van der Waals surface area contributed by atoms with Gasteiger partial charge in [-0.15, -0.1) is 0 Å². The third-order valence-corrected chi connectivity index (χ3v) is 3.05. The van der Waals surface area contributed by atoms with E-state index < -0.39 is 23.3 Å². The summed E-state index contributed by atoms with van der Waals surface area (Å²) in [6, 6.07) is 2.25. The number of anilines is 1. The van der Waals surface area contributed by atoms with E-state index in [9.17, 15) is 20.1 Å². The van der Waals surface area contributed by atoms with Gasteiger partial charge in [-0.05, 0) is 6.42 Å². The molecule has 6 heteroatoms. The molecule has 118 valence electrons. The summed E-state index contributed by atoms with van der Waals surface area (Å²) in [4.78, 5) is 11.5. The van der Waals surface area contributed by atoms with Crippen molar-refractivity contribution in [2.45, 2.75) is 45.4 Å². The Bertz CT molecular complexity index is 438. The fourth-order valence-electron chi connectivity index (χ4n) is 1.88. The summed E-state index contributed by atoms with van der Waals surface area (Å²) >= 11 is 0. The molecule has 0 saturated heterocycles. The van der Waals surface area contributed by atoms with Gasteiger partial charge >= 0.3 is 6.09 Å². The van der Waals surface area contributed by atoms with E-state index >= 15 is 0 Å². The van der Waals surface area contributed by atoms with Crippen LogP contribution in [0, 0.1) is 0 Å². The molecule has 1 aromatic rings. The fourth-order valence-corrected chi connectivity index (χ4v) is 1.88. The summed E-state index contributed by atoms with van der Waals surface area (Å²) < 4.78 is 4.99. The first kappa shape index (κ1) is 16.9. The van der Waals surface area contributed by atoms with Gasteiger partial charge < -0.3 is 20.1 Å². The second kappa shape index (κ2) is 8.94. The molecule has 0 unspecified atom stereocenters. The normalized spacial score (nSPS) is 10.3. The number of aromatic hydroxyl groups is 3. The van der Waals surface area contributed by atoms with Gasteiger partial charge in [0.25, 0.3) is 0 Å². The van der Waals surface area contributed by atoms with E-state index in [1.54, 1.807) is 0 Å². The van der Waals surface area contributed by atoms with E-state index in [-0.39, 0.29) is 5.69 Å². The van der Waals surface area contributed by atoms with Crippen LogP contribution in [0.4, 0.5) is 10.5 Å². The SMILES string of the molecule is CCCCCCCCOC(=O)Nc1cc(O)c(O)c(O)c1. The van der Waals surface area contributed by atoms with E-state index in [4.69, 9.17) is 4.74 Å². The third kappa shape index (κ3) is 6.25. The van der Waals surface area contributed by atoms with E-state index in [1.165, 1.54) is 19.3 Å². The Morgan fingerprint density at radius 2 is 1.62 bits per heavy atom. The predicted molar refractivity (Wildman–Crippen MR) is 79.8 cm³/mol. The quantitative estimate of drug-likeness (QED) is 0.333. The van der Waals surface area contributed by atoms with Gasteiger partial charge in [0.2, 0.25) is 0 Å². The molecule has 1 aromatic carbocycles. The average molecular weight is 297 g/mol. The number of phenolic OH excluding ortho intramolecular Hbond substituents is 3. The maximum absolute atomic E-state index is 11.5. The largest absolute Gasteiger partial charge is 0.504 e. The molecule has 0 spiro atoms. The maximum atomic E-state index is 11.5. The second-order valence-corrected chi connectivity index (χ2v) is 4.89. The average Bonchev–Trinajstić information content (AvgIpc) is 2.43. The van der Waals surface area contributed by atoms with Gasteiger partial charge in [-0.1, -0.05) is 39.0 Å². The van der Waals surface area contributed by atoms with Crippen molar-refractivity contribution < 1.29 is 24.9 Å². The van der Waals surface area contributed by atoms with Gasteiger partial charge in [0.1, 0.15) is 0 Å². The minimum absolute atomic E-state index is 0.149. The van der Waals surface area contributed by atoms with Crippen molar-refractivity contribution in [3.63, 3.8) is 0 Å². The Morgan fingerprint density at radius 3 is 2.24 bits per heavy atom. The predicted octanol–water partition coefficient (Wildman–Crippen LogP) is 3.71. The van der Waals surface area contributed by atoms with Crippen LogP contribution in [0.3, 0.4) is 0 Å². The summed E-state index contributed by atoms with van der Waals surface area (Å²) in [6.07, 6.45) is 5.94. The van der Waals surface area contributed by atoms with Gasteiger partial charge in [-0.25, -0.2) is 4.79 Å². The van der Waals surface area contributed by atoms with Crippen molar-refractivity contribution in [1.29, 1.82) is 0 Å². The number of rotatable bonds is 8. The zero-order valence-electron chi connectivity index (χ0n) is 12.3. The summed E-state index contributed by atoms with van der Waals surface area (Å²) in [7, 11) is 0. The number of amides is 1. The molecule has 4 N–H and O–H groups in total. The van der Waals surface area contributed by atoms with Crippen LogP contribution in [0.2, 0.25) is 0 Å². The van der Waals surface area contributed by atoms with E-state index in [0.717, 1.165) is 31.4 Å². The number of hydrogen-bond donors (Lipinski definition) is 4. The van der Waals surface area contributed by atoms with Crippen LogP contribution in [-0.4, -0.2) is 28.0 Å². The van der Waals surface area contributed by atoms with Crippen molar-refractivity contribution in [2.75, 3.05) is 11.9 Å². The topological polar surface area (TPSA) is 99.0 Å². The van der Waals surface area contributed by atoms with Gasteiger partial charge in [0, 0.05) is 12.1 Å². The van der Waals surface area contributed by atoms with Crippen LogP contribution < -0.4 is 5.32 Å². The lowest BCUT2D eigenvalue weighted by molar-refractivity contribution is 0.159. The Labute approximate surface area is 124 Å². The first-order valence-electron chi connectivity index (χ1n) is 7.23. The number of benzene rings is 1. The molecule has 0 aliphatic rings. The summed E-state index contributed by atoms with van der Waals surface area (Å²) in [6.45, 7) is 2.49. The zero-order valence-corrected chi connectivity index (χ0v) is 12.3. The highest BCUT2D eigenvalue weighted by atomic mass is 16.5. The number of ether oxygens (including phenoxy) is 1. The Hall–Kier alpha value is -2.11. The van der Waals surface area contributed by atoms with Crippen molar-refractivity contribution in [2.24, 2.45) is 0 Å². The molecule has 0 aromatic heterocycles. The van der Waals surface area contributed by atoms with Crippen LogP contribution in [0.5, 0.6) is 17.2 Å². The summed E-state index contributed by atoms with van der Waals surface area (Å²) in [5.41, 5.74) is 0.149. The second-order valence-electron chi connectivity index (χ2n) is 4.89. The molecule has 0 bridgehead atoms. The highest BCUT2D eigenvalue weighted by Gasteiger charge is 2.10. The van der Waals surface area contributed by atoms with Crippen LogP contribution in [-0.2, 0) is 4.74 Å². The molecule has 0 radical (unpaired) electrons. The van der Waals surface area contributed by atoms with Gasteiger partial charge in [-0.3, -0.25) is 5.32 Å². The number of carbonyl (C=O) groups excluding carboxylic acids is 1. The molecule has 1 rings (SSSR count). The Morgan fingerprint density at radius 1 is 1.05 bits per heavy atom. The lowest BCUT2D eigenvalue weighted by atomic mass is 10.1. The fraction of sp³-hybridized carbons (Fsp3) is 0.533. The van der Waals surface area contributed by atoms with Gasteiger partial charge in [0.15, 0.2) is 17.2 Å². The molecule has 0 aliphatic carbocycles. The molecule has 0 atom stereocenters. The van der Waals surface area contributed by atoms with E-state index in [1.807, 2.05) is 0 Å². The van der Waals surface area contributed by atoms with Crippen molar-refractivity contribution in [3.8, 4) is 17.2 Å². The molecular weight excluding hydrogens is 274 g/mol. The first-order valence-corrected chi connectivity index (χ1v) is 7.23. The van der Waals surface area contributed by atoms with Crippen LogP contribution in [0.25, 0.3) is 0 Å². The lowest BCUT2D eigenvalue weighted by Gasteiger charge is -2.08. The molecule has 0 heterocycles. The van der Waals surface area contributed by atoms with Crippen LogP contribution in [0.15, 0.2) is 12.1 Å². The van der Waals surface area contributed by atoms with Crippen molar-refractivity contribution in [1.82, 2.24) is 0 Å². The van der Waals surface area contributed by atoms with Crippen LogP contribution in [0.1, 0.15) is 45.4 Å². The number of hydrogen-bond acceptors (Lipinski definition) is 5. The number of unbranched alkanes of at least 4 members (excludes halogenated alkanes) is 5. The summed E-state index contributed by atoms with van der Waals surface area (Å²) in [5.74, 6) is -1.65. The standard InChI is InChI=1S/C15H23NO5/c1-2-3-4-5-6-7-8-21-15(20)16-11-9-12(17)14(19)13(18)10-11/h9-10,17-19H,2-8H2,1H3,(H,16,20). The smallest absolute Gasteiger partial charge is 0.411 e. The van der Waals surface area contributed by atoms with E-state index in [0.29, 0.717) is 6.61 Å². The highest BCUT2D eigenvalue weighted by molar-refractivity contribution is 5.85. The third-order valence-electron chi connectivity index (χ3n) is 3.05. The molecule has 0 fully saturated rings. The minimum atomic E-state index is -0.659. The Balaban J connectivity index is 2.25. The first-order chi connectivity index (χ1) is 10.0. The molecular formula is C15H23NO5. The highest BCUT2D eigenvalue weighted by Crippen LogP contribution is 2.37. The maximum Gasteiger partial charge on any atom is 0.411 e. The molecule has 0 saturated carbocycles. The number of nitrogens with one attached hydrogen (secondary N) is 1. The van der Waals surface area contributed by atoms with Gasteiger partial charge in [0.05, 0.1) is 12.3 Å². The summed E-state index contributed by atoms with van der Waals surface area (Å²) in [5, 5.41) is 30.2. The monoisotopic (exact) mass is 297 g/mol. The molecule has 21 heavy (non-hydrogen) atoms. The molecule has 6 nitrogen and oxygen atoms in total. The number of carbonyl (C=O) groups is 1. The van der Waals surface area contributed by atoms with Crippen molar-refractivity contribution in [3.05, 3.63) is 12.1 Å². The molecule has 1 amide bonds. The van der Waals surface area contributed by atoms with Crippen LogP contribution >= 0.6 is 0 Å². The Kier molecular flexibility index (Phi) is 7.21. The van der Waals surface area contributed by atoms with E-state index in [2.05, 4.69) is 12.2 Å². The van der Waals surface area contributed by atoms with Gasteiger partial charge in [-0.2, -0.15) is 0 Å². The zero-order chi connectivity index (χ0) is 15.7. The minimum Gasteiger partial charge on any atom is -0.504 e.